The van der Waals surface area contributed by atoms with Gasteiger partial charge in [-0.3, -0.25) is 14.6 Å². The zero-order chi connectivity index (χ0) is 13.7. The van der Waals surface area contributed by atoms with E-state index in [4.69, 9.17) is 5.26 Å². The number of hydrogen-bond acceptors (Lipinski definition) is 4. The molecule has 1 aromatic carbocycles. The van der Waals surface area contributed by atoms with Crippen LogP contribution in [0.2, 0.25) is 0 Å². The van der Waals surface area contributed by atoms with E-state index in [2.05, 4.69) is 0 Å². The molecule has 5 nitrogen and oxygen atoms in total. The molecule has 1 atom stereocenters. The molecule has 0 bridgehead atoms. The molecule has 0 spiro atoms. The first kappa shape index (κ1) is 13.5. The zero-order valence-electron chi connectivity index (χ0n) is 10.7. The predicted octanol–water partition coefficient (Wildman–Crippen LogP) is 0.610. The lowest BCUT2D eigenvalue weighted by atomic mass is 10.2. The first-order chi connectivity index (χ1) is 9.20. The fourth-order valence-electron chi connectivity index (χ4n) is 2.23. The number of rotatable bonds is 4. The SMILES string of the molecule is N#CCN(C(=O)CN1CCC(O)C1)c1ccccc1. The molecule has 0 aliphatic carbocycles. The molecular weight excluding hydrogens is 242 g/mol. The number of para-hydroxylation sites is 1. The fourth-order valence-corrected chi connectivity index (χ4v) is 2.23. The summed E-state index contributed by atoms with van der Waals surface area (Å²) >= 11 is 0. The van der Waals surface area contributed by atoms with Crippen LogP contribution in [0.1, 0.15) is 6.42 Å². The van der Waals surface area contributed by atoms with Crippen molar-refractivity contribution >= 4 is 11.6 Å². The topological polar surface area (TPSA) is 67.6 Å². The van der Waals surface area contributed by atoms with Crippen LogP contribution in [-0.2, 0) is 4.79 Å². The summed E-state index contributed by atoms with van der Waals surface area (Å²) in [5.74, 6) is -0.109. The van der Waals surface area contributed by atoms with Gasteiger partial charge in [0.05, 0.1) is 18.7 Å². The van der Waals surface area contributed by atoms with Crippen LogP contribution >= 0.6 is 0 Å². The minimum atomic E-state index is -0.339. The van der Waals surface area contributed by atoms with Gasteiger partial charge in [-0.05, 0) is 18.6 Å². The van der Waals surface area contributed by atoms with Crippen molar-refractivity contribution < 1.29 is 9.90 Å². The van der Waals surface area contributed by atoms with E-state index in [-0.39, 0.29) is 25.1 Å². The molecule has 1 aliphatic heterocycles. The maximum atomic E-state index is 12.2. The van der Waals surface area contributed by atoms with Gasteiger partial charge < -0.3 is 5.11 Å². The molecule has 1 heterocycles. The summed E-state index contributed by atoms with van der Waals surface area (Å²) in [6.07, 6.45) is 0.366. The Morgan fingerprint density at radius 1 is 1.47 bits per heavy atom. The summed E-state index contributed by atoms with van der Waals surface area (Å²) in [5, 5.41) is 18.3. The smallest absolute Gasteiger partial charge is 0.242 e. The van der Waals surface area contributed by atoms with Gasteiger partial charge in [-0.15, -0.1) is 0 Å². The number of β-amino-alcohol motifs (C(OH)–C–C–N with tert-alkyl or cyclic N) is 1. The minimum absolute atomic E-state index is 0.0409. The number of anilines is 1. The van der Waals surface area contributed by atoms with Crippen LogP contribution in [0.5, 0.6) is 0 Å². The summed E-state index contributed by atoms with van der Waals surface area (Å²) in [6.45, 7) is 1.54. The Kier molecular flexibility index (Phi) is 4.50. The number of benzene rings is 1. The van der Waals surface area contributed by atoms with Gasteiger partial charge in [-0.1, -0.05) is 18.2 Å². The lowest BCUT2D eigenvalue weighted by molar-refractivity contribution is -0.119. The molecule has 1 fully saturated rings. The van der Waals surface area contributed by atoms with Crippen molar-refractivity contribution in [2.24, 2.45) is 0 Å². The largest absolute Gasteiger partial charge is 0.392 e. The van der Waals surface area contributed by atoms with E-state index < -0.39 is 0 Å². The Balaban J connectivity index is 2.03. The van der Waals surface area contributed by atoms with Crippen LogP contribution < -0.4 is 4.90 Å². The molecule has 1 saturated heterocycles. The molecule has 1 aliphatic rings. The van der Waals surface area contributed by atoms with Gasteiger partial charge in [0.15, 0.2) is 0 Å². The summed E-state index contributed by atoms with van der Waals surface area (Å²) < 4.78 is 0. The third-order valence-corrected chi connectivity index (χ3v) is 3.20. The number of hydrogen-bond donors (Lipinski definition) is 1. The highest BCUT2D eigenvalue weighted by Crippen LogP contribution is 2.15. The predicted molar refractivity (Wildman–Crippen MR) is 71.5 cm³/mol. The third-order valence-electron chi connectivity index (χ3n) is 3.20. The van der Waals surface area contributed by atoms with Crippen LogP contribution in [0.25, 0.3) is 0 Å². The maximum absolute atomic E-state index is 12.2. The first-order valence-corrected chi connectivity index (χ1v) is 6.33. The van der Waals surface area contributed by atoms with E-state index in [1.165, 1.54) is 4.90 Å². The second-order valence-electron chi connectivity index (χ2n) is 4.65. The van der Waals surface area contributed by atoms with Gasteiger partial charge in [0.2, 0.25) is 5.91 Å². The van der Waals surface area contributed by atoms with Crippen molar-refractivity contribution in [3.8, 4) is 6.07 Å². The Bertz CT molecular complexity index is 469. The van der Waals surface area contributed by atoms with Crippen LogP contribution in [0.4, 0.5) is 5.69 Å². The molecule has 5 heteroatoms. The van der Waals surface area contributed by atoms with Gasteiger partial charge >= 0.3 is 0 Å². The summed E-state index contributed by atoms with van der Waals surface area (Å²) in [4.78, 5) is 15.6. The van der Waals surface area contributed by atoms with E-state index in [1.54, 1.807) is 0 Å². The van der Waals surface area contributed by atoms with Crippen molar-refractivity contribution in [3.63, 3.8) is 0 Å². The molecular formula is C14H17N3O2. The highest BCUT2D eigenvalue weighted by molar-refractivity contribution is 5.95. The van der Waals surface area contributed by atoms with Crippen molar-refractivity contribution in [2.75, 3.05) is 31.1 Å². The fraction of sp³-hybridized carbons (Fsp3) is 0.429. The minimum Gasteiger partial charge on any atom is -0.392 e. The molecule has 1 aromatic rings. The molecule has 2 rings (SSSR count). The molecule has 0 saturated carbocycles. The number of carbonyl (C=O) groups excluding carboxylic acids is 1. The number of carbonyl (C=O) groups is 1. The number of nitrogens with zero attached hydrogens (tertiary/aromatic N) is 3. The number of aliphatic hydroxyl groups excluding tert-OH is 1. The lowest BCUT2D eigenvalue weighted by Crippen LogP contribution is -2.40. The van der Waals surface area contributed by atoms with Crippen LogP contribution in [0.15, 0.2) is 30.3 Å². The number of nitriles is 1. The summed E-state index contributed by atoms with van der Waals surface area (Å²) in [6, 6.07) is 11.2. The van der Waals surface area contributed by atoms with E-state index in [9.17, 15) is 9.90 Å². The monoisotopic (exact) mass is 259 g/mol. The van der Waals surface area contributed by atoms with E-state index in [1.807, 2.05) is 41.3 Å². The Morgan fingerprint density at radius 3 is 2.79 bits per heavy atom. The van der Waals surface area contributed by atoms with E-state index >= 15 is 0 Å². The molecule has 1 unspecified atom stereocenters. The molecule has 19 heavy (non-hydrogen) atoms. The Hall–Kier alpha value is -1.90. The van der Waals surface area contributed by atoms with Crippen molar-refractivity contribution in [1.82, 2.24) is 4.90 Å². The van der Waals surface area contributed by atoms with Crippen molar-refractivity contribution in [2.45, 2.75) is 12.5 Å². The van der Waals surface area contributed by atoms with E-state index in [0.29, 0.717) is 13.0 Å². The quantitative estimate of drug-likeness (QED) is 0.804. The van der Waals surface area contributed by atoms with Crippen LogP contribution in [0, 0.1) is 11.3 Å². The first-order valence-electron chi connectivity index (χ1n) is 6.33. The molecule has 1 amide bonds. The number of amides is 1. The third kappa shape index (κ3) is 3.53. The molecule has 1 N–H and O–H groups in total. The second-order valence-corrected chi connectivity index (χ2v) is 4.65. The highest BCUT2D eigenvalue weighted by Gasteiger charge is 2.24. The summed E-state index contributed by atoms with van der Waals surface area (Å²) in [5.41, 5.74) is 0.730. The average molecular weight is 259 g/mol. The number of likely N-dealkylation sites (tertiary alicyclic amines) is 1. The van der Waals surface area contributed by atoms with Gasteiger partial charge in [-0.25, -0.2) is 0 Å². The lowest BCUT2D eigenvalue weighted by Gasteiger charge is -2.23. The van der Waals surface area contributed by atoms with Crippen molar-refractivity contribution in [3.05, 3.63) is 30.3 Å². The Labute approximate surface area is 112 Å². The van der Waals surface area contributed by atoms with Crippen LogP contribution in [-0.4, -0.2) is 48.2 Å². The molecule has 0 radical (unpaired) electrons. The standard InChI is InChI=1S/C14H17N3O2/c15-7-9-17(12-4-2-1-3-5-12)14(19)11-16-8-6-13(18)10-16/h1-5,13,18H,6,8-11H2. The van der Waals surface area contributed by atoms with E-state index in [0.717, 1.165) is 12.2 Å². The normalized spacial score (nSPS) is 19.1. The van der Waals surface area contributed by atoms with Gasteiger partial charge in [0.25, 0.3) is 0 Å². The van der Waals surface area contributed by atoms with Gasteiger partial charge in [-0.2, -0.15) is 5.26 Å². The van der Waals surface area contributed by atoms with Crippen LogP contribution in [0.3, 0.4) is 0 Å². The molecule has 100 valence electrons. The Morgan fingerprint density at radius 2 is 2.21 bits per heavy atom. The summed E-state index contributed by atoms with van der Waals surface area (Å²) in [7, 11) is 0. The zero-order valence-corrected chi connectivity index (χ0v) is 10.7. The van der Waals surface area contributed by atoms with Gasteiger partial charge in [0.1, 0.15) is 6.54 Å². The second kappa shape index (κ2) is 6.32. The molecule has 0 aromatic heterocycles. The highest BCUT2D eigenvalue weighted by atomic mass is 16.3. The maximum Gasteiger partial charge on any atom is 0.242 e. The average Bonchev–Trinajstić information content (AvgIpc) is 2.82. The number of aliphatic hydroxyl groups is 1. The van der Waals surface area contributed by atoms with Gasteiger partial charge in [0, 0.05) is 18.8 Å². The van der Waals surface area contributed by atoms with Crippen molar-refractivity contribution in [1.29, 1.82) is 5.26 Å².